The molecule has 0 bridgehead atoms. The predicted octanol–water partition coefficient (Wildman–Crippen LogP) is 2.71. The highest BCUT2D eigenvalue weighted by atomic mass is 32.2. The monoisotopic (exact) mass is 409 g/mol. The number of benzene rings is 1. The van der Waals surface area contributed by atoms with Gasteiger partial charge in [0.25, 0.3) is 0 Å². The number of sulfone groups is 1. The van der Waals surface area contributed by atoms with Crippen molar-refractivity contribution in [3.8, 4) is 0 Å². The van der Waals surface area contributed by atoms with Crippen molar-refractivity contribution in [1.29, 1.82) is 0 Å². The Balaban J connectivity index is 1.77. The van der Waals surface area contributed by atoms with Gasteiger partial charge in [-0.15, -0.1) is 0 Å². The van der Waals surface area contributed by atoms with Crippen LogP contribution in [0, 0.1) is 5.92 Å². The summed E-state index contributed by atoms with van der Waals surface area (Å²) in [5.74, 6) is 1.84. The van der Waals surface area contributed by atoms with E-state index in [1.807, 2.05) is 44.3 Å². The average molecular weight is 410 g/mol. The van der Waals surface area contributed by atoms with Gasteiger partial charge in [0.1, 0.15) is 0 Å². The minimum Gasteiger partial charge on any atom is -0.381 e. The van der Waals surface area contributed by atoms with Crippen LogP contribution < -0.4 is 5.32 Å². The number of rotatable bonds is 10. The third-order valence-electron chi connectivity index (χ3n) is 5.01. The number of ether oxygens (including phenoxy) is 1. The SMILES string of the molecule is CCNC(=NCCCS(=O)(=O)Cc1ccccc1)N(C)CCC1CCOCC1. The summed E-state index contributed by atoms with van der Waals surface area (Å²) >= 11 is 0. The van der Waals surface area contributed by atoms with Crippen LogP contribution >= 0.6 is 0 Å². The van der Waals surface area contributed by atoms with Crippen molar-refractivity contribution in [3.63, 3.8) is 0 Å². The molecular weight excluding hydrogens is 374 g/mol. The van der Waals surface area contributed by atoms with Crippen LogP contribution in [-0.2, 0) is 20.3 Å². The van der Waals surface area contributed by atoms with Crippen molar-refractivity contribution in [3.05, 3.63) is 35.9 Å². The zero-order valence-corrected chi connectivity index (χ0v) is 18.1. The minimum absolute atomic E-state index is 0.0998. The van der Waals surface area contributed by atoms with Gasteiger partial charge in [0, 0.05) is 39.9 Å². The maximum absolute atomic E-state index is 12.3. The number of nitrogens with one attached hydrogen (secondary N) is 1. The van der Waals surface area contributed by atoms with Gasteiger partial charge in [0.2, 0.25) is 0 Å². The molecule has 0 amide bonds. The smallest absolute Gasteiger partial charge is 0.193 e. The topological polar surface area (TPSA) is 71.0 Å². The van der Waals surface area contributed by atoms with Gasteiger partial charge in [-0.05, 0) is 44.1 Å². The van der Waals surface area contributed by atoms with E-state index in [9.17, 15) is 8.42 Å². The van der Waals surface area contributed by atoms with Gasteiger partial charge >= 0.3 is 0 Å². The molecule has 6 nitrogen and oxygen atoms in total. The molecule has 0 saturated carbocycles. The fourth-order valence-corrected chi connectivity index (χ4v) is 4.77. The number of guanidine groups is 1. The van der Waals surface area contributed by atoms with Crippen LogP contribution in [0.5, 0.6) is 0 Å². The molecule has 0 aliphatic carbocycles. The van der Waals surface area contributed by atoms with Crippen molar-refractivity contribution in [2.24, 2.45) is 10.9 Å². The average Bonchev–Trinajstić information content (AvgIpc) is 2.69. The molecule has 0 atom stereocenters. The normalized spacial score (nSPS) is 16.1. The number of hydrogen-bond donors (Lipinski definition) is 1. The van der Waals surface area contributed by atoms with Crippen molar-refractivity contribution < 1.29 is 13.2 Å². The first kappa shape index (κ1) is 22.7. The van der Waals surface area contributed by atoms with E-state index in [0.29, 0.717) is 13.0 Å². The number of aliphatic imine (C=N–C) groups is 1. The summed E-state index contributed by atoms with van der Waals surface area (Å²) < 4.78 is 30.0. The lowest BCUT2D eigenvalue weighted by atomic mass is 9.96. The zero-order valence-electron chi connectivity index (χ0n) is 17.3. The highest BCUT2D eigenvalue weighted by molar-refractivity contribution is 7.90. The first-order valence-corrected chi connectivity index (χ1v) is 12.1. The summed E-state index contributed by atoms with van der Waals surface area (Å²) in [6.07, 6.45) is 3.95. The molecule has 1 aromatic rings. The van der Waals surface area contributed by atoms with Crippen LogP contribution in [0.1, 0.15) is 38.2 Å². The van der Waals surface area contributed by atoms with Crippen LogP contribution in [0.4, 0.5) is 0 Å². The second-order valence-corrected chi connectivity index (χ2v) is 9.62. The van der Waals surface area contributed by atoms with Crippen molar-refractivity contribution in [2.45, 2.75) is 38.4 Å². The zero-order chi connectivity index (χ0) is 20.2. The lowest BCUT2D eigenvalue weighted by molar-refractivity contribution is 0.0625. The maximum Gasteiger partial charge on any atom is 0.193 e. The molecule has 0 aromatic heterocycles. The second-order valence-electron chi connectivity index (χ2n) is 7.43. The van der Waals surface area contributed by atoms with Gasteiger partial charge in [-0.3, -0.25) is 4.99 Å². The summed E-state index contributed by atoms with van der Waals surface area (Å²) in [4.78, 5) is 6.78. The van der Waals surface area contributed by atoms with Crippen LogP contribution in [0.2, 0.25) is 0 Å². The summed E-state index contributed by atoms with van der Waals surface area (Å²) in [6.45, 7) is 6.06. The van der Waals surface area contributed by atoms with E-state index in [-0.39, 0.29) is 11.5 Å². The standard InChI is InChI=1S/C21H35N3O3S/c1-3-22-21(24(2)14-10-19-11-15-27-16-12-19)23-13-7-17-28(25,26)18-20-8-5-4-6-9-20/h4-6,8-9,19H,3,7,10-18H2,1-2H3,(H,22,23). The Morgan fingerprint density at radius 1 is 1.25 bits per heavy atom. The van der Waals surface area contributed by atoms with Gasteiger partial charge in [0.05, 0.1) is 11.5 Å². The maximum atomic E-state index is 12.3. The molecule has 28 heavy (non-hydrogen) atoms. The molecule has 158 valence electrons. The molecule has 1 aliphatic rings. The third-order valence-corrected chi connectivity index (χ3v) is 6.70. The summed E-state index contributed by atoms with van der Waals surface area (Å²) in [6, 6.07) is 9.34. The molecule has 1 saturated heterocycles. The Morgan fingerprint density at radius 3 is 2.64 bits per heavy atom. The van der Waals surface area contributed by atoms with E-state index >= 15 is 0 Å². The molecule has 2 rings (SSSR count). The van der Waals surface area contributed by atoms with Crippen molar-refractivity contribution in [2.75, 3.05) is 45.6 Å². The molecular formula is C21H35N3O3S. The van der Waals surface area contributed by atoms with E-state index < -0.39 is 9.84 Å². The molecule has 7 heteroatoms. The van der Waals surface area contributed by atoms with Gasteiger partial charge in [0.15, 0.2) is 15.8 Å². The van der Waals surface area contributed by atoms with E-state index in [0.717, 1.165) is 63.0 Å². The van der Waals surface area contributed by atoms with E-state index in [1.165, 1.54) is 0 Å². The Bertz CT molecular complexity index is 686. The van der Waals surface area contributed by atoms with Gasteiger partial charge < -0.3 is 15.0 Å². The fraction of sp³-hybridized carbons (Fsp3) is 0.667. The Morgan fingerprint density at radius 2 is 1.96 bits per heavy atom. The molecule has 0 spiro atoms. The quantitative estimate of drug-likeness (QED) is 0.365. The molecule has 1 heterocycles. The lowest BCUT2D eigenvalue weighted by Crippen LogP contribution is -2.40. The molecule has 1 aliphatic heterocycles. The number of nitrogens with zero attached hydrogens (tertiary/aromatic N) is 2. The summed E-state index contributed by atoms with van der Waals surface area (Å²) in [5, 5.41) is 3.31. The van der Waals surface area contributed by atoms with Crippen LogP contribution in [0.25, 0.3) is 0 Å². The lowest BCUT2D eigenvalue weighted by Gasteiger charge is -2.26. The van der Waals surface area contributed by atoms with E-state index in [1.54, 1.807) is 0 Å². The summed E-state index contributed by atoms with van der Waals surface area (Å²) in [5.41, 5.74) is 0.840. The third kappa shape index (κ3) is 8.61. The molecule has 1 N–H and O–H groups in total. The van der Waals surface area contributed by atoms with Crippen LogP contribution in [0.15, 0.2) is 35.3 Å². The predicted molar refractivity (Wildman–Crippen MR) is 115 cm³/mol. The highest BCUT2D eigenvalue weighted by Crippen LogP contribution is 2.18. The van der Waals surface area contributed by atoms with Crippen molar-refractivity contribution >= 4 is 15.8 Å². The van der Waals surface area contributed by atoms with Gasteiger partial charge in [-0.2, -0.15) is 0 Å². The highest BCUT2D eigenvalue weighted by Gasteiger charge is 2.16. The van der Waals surface area contributed by atoms with Crippen LogP contribution in [0.3, 0.4) is 0 Å². The minimum atomic E-state index is -3.10. The fourth-order valence-electron chi connectivity index (χ4n) is 3.36. The molecule has 1 aromatic carbocycles. The molecule has 0 radical (unpaired) electrons. The molecule has 1 fully saturated rings. The Hall–Kier alpha value is -1.60. The van der Waals surface area contributed by atoms with Gasteiger partial charge in [-0.25, -0.2) is 8.42 Å². The largest absolute Gasteiger partial charge is 0.381 e. The molecule has 0 unspecified atom stereocenters. The first-order chi connectivity index (χ1) is 13.5. The van der Waals surface area contributed by atoms with Gasteiger partial charge in [-0.1, -0.05) is 30.3 Å². The number of hydrogen-bond acceptors (Lipinski definition) is 4. The second kappa shape index (κ2) is 12.1. The first-order valence-electron chi connectivity index (χ1n) is 10.3. The van der Waals surface area contributed by atoms with E-state index in [2.05, 4.69) is 15.2 Å². The van der Waals surface area contributed by atoms with E-state index in [4.69, 9.17) is 4.74 Å². The van der Waals surface area contributed by atoms with Crippen molar-refractivity contribution in [1.82, 2.24) is 10.2 Å². The Kier molecular flexibility index (Phi) is 9.78. The Labute approximate surface area is 170 Å². The summed E-state index contributed by atoms with van der Waals surface area (Å²) in [7, 11) is -1.06. The van der Waals surface area contributed by atoms with Crippen LogP contribution in [-0.4, -0.2) is 64.9 Å².